The molecule has 3 N–H and O–H groups in total. The van der Waals surface area contributed by atoms with Gasteiger partial charge in [-0.3, -0.25) is 5.10 Å². The first-order valence-electron chi connectivity index (χ1n) is 8.39. The molecule has 0 bridgehead atoms. The molecule has 0 fully saturated rings. The Morgan fingerprint density at radius 3 is 2.40 bits per heavy atom. The van der Waals surface area contributed by atoms with E-state index in [-0.39, 0.29) is 22.1 Å². The maximum atomic E-state index is 15.2. The van der Waals surface area contributed by atoms with Crippen molar-refractivity contribution in [1.82, 2.24) is 15.2 Å². The van der Waals surface area contributed by atoms with Gasteiger partial charge in [0.25, 0.3) is 0 Å². The van der Waals surface area contributed by atoms with E-state index in [9.17, 15) is 18.0 Å². The van der Waals surface area contributed by atoms with Crippen LogP contribution in [0.3, 0.4) is 0 Å². The van der Waals surface area contributed by atoms with Crippen molar-refractivity contribution in [2.75, 3.05) is 5.73 Å². The minimum atomic E-state index is -5.38. The molecular weight excluding hydrogens is 411 g/mol. The van der Waals surface area contributed by atoms with E-state index in [1.54, 1.807) is 0 Å². The number of ether oxygens (including phenoxy) is 1. The van der Waals surface area contributed by atoms with Crippen molar-refractivity contribution in [2.45, 2.75) is 13.1 Å². The van der Waals surface area contributed by atoms with E-state index in [0.29, 0.717) is 23.0 Å². The average Bonchev–Trinajstić information content (AvgIpc) is 3.05. The number of aromatic nitrogens is 3. The van der Waals surface area contributed by atoms with Crippen LogP contribution in [0.2, 0.25) is 0 Å². The summed E-state index contributed by atoms with van der Waals surface area (Å²) in [6, 6.07) is 6.48. The molecule has 2 aromatic carbocycles. The molecule has 6 nitrogen and oxygen atoms in total. The number of anilines is 1. The first-order chi connectivity index (χ1) is 14.1. The van der Waals surface area contributed by atoms with Gasteiger partial charge in [0.15, 0.2) is 17.2 Å². The van der Waals surface area contributed by atoms with Crippen LogP contribution in [0.5, 0.6) is 5.75 Å². The van der Waals surface area contributed by atoms with E-state index in [0.717, 1.165) is 0 Å². The van der Waals surface area contributed by atoms with Crippen molar-refractivity contribution in [3.8, 4) is 17.0 Å². The lowest BCUT2D eigenvalue weighted by Gasteiger charge is -2.13. The van der Waals surface area contributed by atoms with Crippen molar-refractivity contribution in [3.05, 3.63) is 47.7 Å². The number of esters is 1. The SMILES string of the molecule is Cc1[nH]nc2nc(-c3ccc(N)cc3)c3c(F)cc(OC(=O)C(F)(F)F)c(F)c3c12. The monoisotopic (exact) mass is 422 g/mol. The van der Waals surface area contributed by atoms with Crippen LogP contribution in [-0.4, -0.2) is 27.3 Å². The van der Waals surface area contributed by atoms with Gasteiger partial charge < -0.3 is 10.5 Å². The third-order valence-corrected chi connectivity index (χ3v) is 4.43. The zero-order valence-electron chi connectivity index (χ0n) is 15.1. The summed E-state index contributed by atoms with van der Waals surface area (Å²) in [7, 11) is 0. The molecule has 154 valence electrons. The lowest BCUT2D eigenvalue weighted by Crippen LogP contribution is -2.28. The van der Waals surface area contributed by atoms with E-state index in [2.05, 4.69) is 19.9 Å². The second-order valence-electron chi connectivity index (χ2n) is 6.44. The number of nitrogens with two attached hydrogens (primary N) is 1. The molecule has 0 atom stereocenters. The highest BCUT2D eigenvalue weighted by Gasteiger charge is 2.42. The number of nitrogens with zero attached hydrogens (tertiary/aromatic N) is 2. The Morgan fingerprint density at radius 2 is 1.77 bits per heavy atom. The van der Waals surface area contributed by atoms with Gasteiger partial charge in [0, 0.05) is 33.8 Å². The Balaban J connectivity index is 2.07. The van der Waals surface area contributed by atoms with Gasteiger partial charge in [0.1, 0.15) is 5.82 Å². The third kappa shape index (κ3) is 3.08. The number of pyridine rings is 1. The normalized spacial score (nSPS) is 11.9. The number of H-pyrrole nitrogens is 1. The van der Waals surface area contributed by atoms with E-state index in [4.69, 9.17) is 5.73 Å². The number of nitrogens with one attached hydrogen (secondary N) is 1. The highest BCUT2D eigenvalue weighted by molar-refractivity contribution is 6.12. The van der Waals surface area contributed by atoms with Crippen LogP contribution in [0.4, 0.5) is 27.6 Å². The van der Waals surface area contributed by atoms with Crippen LogP contribution in [0.1, 0.15) is 5.69 Å². The van der Waals surface area contributed by atoms with Gasteiger partial charge >= 0.3 is 12.1 Å². The van der Waals surface area contributed by atoms with Crippen molar-refractivity contribution < 1.29 is 31.5 Å². The number of nitrogen functional groups attached to an aromatic ring is 1. The summed E-state index contributed by atoms with van der Waals surface area (Å²) >= 11 is 0. The van der Waals surface area contributed by atoms with Crippen molar-refractivity contribution >= 4 is 33.5 Å². The van der Waals surface area contributed by atoms with Gasteiger partial charge in [0.05, 0.1) is 11.1 Å². The van der Waals surface area contributed by atoms with E-state index in [1.165, 1.54) is 31.2 Å². The highest BCUT2D eigenvalue weighted by atomic mass is 19.4. The van der Waals surface area contributed by atoms with Crippen LogP contribution in [0.25, 0.3) is 33.1 Å². The Kier molecular flexibility index (Phi) is 4.33. The molecule has 0 saturated heterocycles. The van der Waals surface area contributed by atoms with E-state index in [1.807, 2.05) is 0 Å². The fourth-order valence-electron chi connectivity index (χ4n) is 3.11. The number of hydrogen-bond donors (Lipinski definition) is 2. The number of benzene rings is 2. The molecule has 0 radical (unpaired) electrons. The number of hydrogen-bond acceptors (Lipinski definition) is 5. The molecule has 0 amide bonds. The predicted octanol–water partition coefficient (Wildman–Crippen LogP) is 4.41. The molecule has 11 heteroatoms. The second kappa shape index (κ2) is 6.65. The molecule has 2 aromatic heterocycles. The third-order valence-electron chi connectivity index (χ3n) is 4.43. The summed E-state index contributed by atoms with van der Waals surface area (Å²) in [6.07, 6.45) is -5.38. The van der Waals surface area contributed by atoms with Crippen LogP contribution in [-0.2, 0) is 4.79 Å². The fourth-order valence-corrected chi connectivity index (χ4v) is 3.11. The number of carbonyl (C=O) groups excluding carboxylic acids is 1. The molecule has 0 aliphatic carbocycles. The largest absolute Gasteiger partial charge is 0.491 e. The number of rotatable bonds is 2. The standard InChI is InChI=1S/C19H11F5N4O2/c1-7-12-14-13(10(20)6-11(15(14)21)30-18(29)19(22,23)24)16(26-17(12)28-27-7)8-2-4-9(25)5-3-8/h2-6H,25H2,1H3,(H,26,27,28). The van der Waals surface area contributed by atoms with Gasteiger partial charge in [-0.05, 0) is 19.1 Å². The van der Waals surface area contributed by atoms with Gasteiger partial charge in [0.2, 0.25) is 0 Å². The second-order valence-corrected chi connectivity index (χ2v) is 6.44. The smallest absolute Gasteiger partial charge is 0.417 e. The molecule has 0 aliphatic heterocycles. The molecule has 0 spiro atoms. The average molecular weight is 422 g/mol. The topological polar surface area (TPSA) is 93.9 Å². The minimum absolute atomic E-state index is 0.00410. The maximum absolute atomic E-state index is 15.2. The number of aryl methyl sites for hydroxylation is 1. The fraction of sp³-hybridized carbons (Fsp3) is 0.105. The zero-order chi connectivity index (χ0) is 21.8. The number of halogens is 5. The molecule has 2 heterocycles. The summed E-state index contributed by atoms with van der Waals surface area (Å²) in [5.41, 5.74) is 6.74. The van der Waals surface area contributed by atoms with Crippen LogP contribution >= 0.6 is 0 Å². The Bertz CT molecular complexity index is 1310. The summed E-state index contributed by atoms with van der Waals surface area (Å²) in [6.45, 7) is 1.51. The number of alkyl halides is 3. The Morgan fingerprint density at radius 1 is 1.10 bits per heavy atom. The lowest BCUT2D eigenvalue weighted by molar-refractivity contribution is -0.189. The maximum Gasteiger partial charge on any atom is 0.491 e. The molecule has 4 rings (SSSR count). The molecule has 0 saturated carbocycles. The predicted molar refractivity (Wildman–Crippen MR) is 97.6 cm³/mol. The highest BCUT2D eigenvalue weighted by Crippen LogP contribution is 2.40. The van der Waals surface area contributed by atoms with Gasteiger partial charge in [-0.15, -0.1) is 0 Å². The Hall–Kier alpha value is -3.76. The van der Waals surface area contributed by atoms with Gasteiger partial charge in [-0.25, -0.2) is 18.6 Å². The number of fused-ring (bicyclic) bond motifs is 3. The van der Waals surface area contributed by atoms with Crippen LogP contribution in [0.15, 0.2) is 30.3 Å². The minimum Gasteiger partial charge on any atom is -0.417 e. The summed E-state index contributed by atoms with van der Waals surface area (Å²) in [5, 5.41) is 5.84. The quantitative estimate of drug-likeness (QED) is 0.216. The lowest BCUT2D eigenvalue weighted by atomic mass is 9.99. The van der Waals surface area contributed by atoms with Gasteiger partial charge in [-0.1, -0.05) is 12.1 Å². The molecule has 0 unspecified atom stereocenters. The van der Waals surface area contributed by atoms with Gasteiger partial charge in [-0.2, -0.15) is 18.3 Å². The van der Waals surface area contributed by atoms with Crippen molar-refractivity contribution in [2.24, 2.45) is 0 Å². The Labute approximate surface area is 164 Å². The summed E-state index contributed by atoms with van der Waals surface area (Å²) in [5.74, 6) is -6.34. The molecule has 0 aliphatic rings. The first kappa shape index (κ1) is 19.6. The van der Waals surface area contributed by atoms with E-state index >= 15 is 8.78 Å². The molecule has 4 aromatic rings. The van der Waals surface area contributed by atoms with Crippen molar-refractivity contribution in [1.29, 1.82) is 0 Å². The summed E-state index contributed by atoms with van der Waals surface area (Å²) < 4.78 is 72.0. The zero-order valence-corrected chi connectivity index (χ0v) is 15.1. The van der Waals surface area contributed by atoms with E-state index < -0.39 is 34.9 Å². The van der Waals surface area contributed by atoms with Crippen LogP contribution < -0.4 is 10.5 Å². The van der Waals surface area contributed by atoms with Crippen molar-refractivity contribution in [3.63, 3.8) is 0 Å². The molecular formula is C19H11F5N4O2. The summed E-state index contributed by atoms with van der Waals surface area (Å²) in [4.78, 5) is 15.4. The number of aromatic amines is 1. The first-order valence-corrected chi connectivity index (χ1v) is 8.39. The molecule has 30 heavy (non-hydrogen) atoms. The number of carbonyl (C=O) groups is 1. The van der Waals surface area contributed by atoms with Crippen LogP contribution in [0, 0.1) is 18.6 Å².